The van der Waals surface area contributed by atoms with Crippen LogP contribution in [0.4, 0.5) is 0 Å². The smallest absolute Gasteiger partial charge is 0.274 e. The largest absolute Gasteiger partial charge is 0.337 e. The van der Waals surface area contributed by atoms with E-state index in [0.717, 1.165) is 44.5 Å². The predicted molar refractivity (Wildman–Crippen MR) is 104 cm³/mol. The molecule has 1 aliphatic carbocycles. The summed E-state index contributed by atoms with van der Waals surface area (Å²) in [5.41, 5.74) is 2.89. The van der Waals surface area contributed by atoms with Gasteiger partial charge in [-0.1, -0.05) is 6.92 Å². The van der Waals surface area contributed by atoms with Crippen molar-refractivity contribution in [3.8, 4) is 0 Å². The summed E-state index contributed by atoms with van der Waals surface area (Å²) in [5.74, 6) is 0.157. The van der Waals surface area contributed by atoms with Crippen LogP contribution < -0.4 is 0 Å². The third kappa shape index (κ3) is 3.52. The van der Waals surface area contributed by atoms with Crippen LogP contribution in [0.2, 0.25) is 0 Å². The SMILES string of the molecule is CCc1cc(C(=O)N2CCC3(CC2)CC3N(Cc2ccsc2)C(C)=O)n[nH]1. The number of hydrogen-bond donors (Lipinski definition) is 1. The Balaban J connectivity index is 1.37. The molecule has 1 spiro atoms. The van der Waals surface area contributed by atoms with Gasteiger partial charge in [0.1, 0.15) is 5.69 Å². The molecule has 1 N–H and O–H groups in total. The van der Waals surface area contributed by atoms with Gasteiger partial charge in [-0.25, -0.2) is 0 Å². The van der Waals surface area contributed by atoms with Gasteiger partial charge in [0.2, 0.25) is 5.91 Å². The van der Waals surface area contributed by atoms with Crippen molar-refractivity contribution in [3.63, 3.8) is 0 Å². The van der Waals surface area contributed by atoms with Crippen molar-refractivity contribution in [3.05, 3.63) is 39.8 Å². The molecule has 7 heteroatoms. The van der Waals surface area contributed by atoms with Gasteiger partial charge in [-0.15, -0.1) is 0 Å². The second kappa shape index (κ2) is 7.11. The van der Waals surface area contributed by atoms with E-state index in [1.807, 2.05) is 22.8 Å². The minimum absolute atomic E-state index is 0.0136. The van der Waals surface area contributed by atoms with Crippen LogP contribution in [0, 0.1) is 5.41 Å². The molecule has 6 nitrogen and oxygen atoms in total. The van der Waals surface area contributed by atoms with Gasteiger partial charge in [-0.3, -0.25) is 14.7 Å². The highest BCUT2D eigenvalue weighted by Crippen LogP contribution is 2.57. The van der Waals surface area contributed by atoms with Crippen molar-refractivity contribution in [1.29, 1.82) is 0 Å². The highest BCUT2D eigenvalue weighted by molar-refractivity contribution is 7.07. The molecule has 27 heavy (non-hydrogen) atoms. The van der Waals surface area contributed by atoms with Crippen LogP contribution >= 0.6 is 11.3 Å². The summed E-state index contributed by atoms with van der Waals surface area (Å²) in [6, 6.07) is 4.25. The Morgan fingerprint density at radius 3 is 2.78 bits per heavy atom. The highest BCUT2D eigenvalue weighted by atomic mass is 32.1. The van der Waals surface area contributed by atoms with Crippen molar-refractivity contribution >= 4 is 23.2 Å². The normalized spacial score (nSPS) is 20.7. The molecule has 2 aromatic heterocycles. The molecule has 144 valence electrons. The highest BCUT2D eigenvalue weighted by Gasteiger charge is 2.58. The van der Waals surface area contributed by atoms with Crippen molar-refractivity contribution < 1.29 is 9.59 Å². The molecule has 0 radical (unpaired) electrons. The number of amides is 2. The number of carbonyl (C=O) groups excluding carboxylic acids is 2. The van der Waals surface area contributed by atoms with E-state index in [9.17, 15) is 9.59 Å². The molecule has 2 fully saturated rings. The number of aryl methyl sites for hydroxylation is 1. The van der Waals surface area contributed by atoms with Crippen LogP contribution in [0.25, 0.3) is 0 Å². The van der Waals surface area contributed by atoms with E-state index >= 15 is 0 Å². The topological polar surface area (TPSA) is 69.3 Å². The number of nitrogens with zero attached hydrogens (tertiary/aromatic N) is 3. The first kappa shape index (κ1) is 18.2. The fourth-order valence-electron chi connectivity index (χ4n) is 4.29. The summed E-state index contributed by atoms with van der Waals surface area (Å²) in [6.07, 6.45) is 3.82. The maximum Gasteiger partial charge on any atom is 0.274 e. The molecule has 1 saturated heterocycles. The first-order chi connectivity index (χ1) is 13.0. The van der Waals surface area contributed by atoms with Gasteiger partial charge in [0.15, 0.2) is 0 Å². The lowest BCUT2D eigenvalue weighted by Crippen LogP contribution is -2.42. The standard InChI is InChI=1S/C20H26N4O2S/c1-3-16-10-17(22-21-16)19(26)23-7-5-20(6-8-23)11-18(20)24(14(2)25)12-15-4-9-27-13-15/h4,9-10,13,18H,3,5-8,11-12H2,1-2H3,(H,21,22). The van der Waals surface area contributed by atoms with E-state index < -0.39 is 0 Å². The minimum atomic E-state index is 0.0136. The van der Waals surface area contributed by atoms with Gasteiger partial charge >= 0.3 is 0 Å². The molecule has 1 unspecified atom stereocenters. The maximum absolute atomic E-state index is 12.7. The number of rotatable bonds is 5. The molecule has 0 bridgehead atoms. The van der Waals surface area contributed by atoms with Crippen LogP contribution in [0.5, 0.6) is 0 Å². The van der Waals surface area contributed by atoms with Crippen molar-refractivity contribution in [2.24, 2.45) is 5.41 Å². The van der Waals surface area contributed by atoms with E-state index in [-0.39, 0.29) is 17.2 Å². The zero-order valence-electron chi connectivity index (χ0n) is 15.9. The van der Waals surface area contributed by atoms with Gasteiger partial charge in [0.05, 0.1) is 0 Å². The molecule has 1 saturated carbocycles. The van der Waals surface area contributed by atoms with Crippen molar-refractivity contribution in [2.45, 2.75) is 52.1 Å². The Labute approximate surface area is 163 Å². The summed E-state index contributed by atoms with van der Waals surface area (Å²) in [7, 11) is 0. The molecule has 2 aliphatic rings. The van der Waals surface area contributed by atoms with Crippen molar-refractivity contribution in [1.82, 2.24) is 20.0 Å². The third-order valence-corrected chi connectivity index (χ3v) is 6.87. The quantitative estimate of drug-likeness (QED) is 0.859. The number of nitrogens with one attached hydrogen (secondary N) is 1. The van der Waals surface area contributed by atoms with E-state index in [0.29, 0.717) is 18.3 Å². The number of thiophene rings is 1. The lowest BCUT2D eigenvalue weighted by Gasteiger charge is -2.34. The molecule has 2 amide bonds. The molecule has 2 aromatic rings. The molecule has 0 aromatic carbocycles. The fourth-order valence-corrected chi connectivity index (χ4v) is 4.95. The van der Waals surface area contributed by atoms with Crippen LogP contribution in [0.3, 0.4) is 0 Å². The number of piperidine rings is 1. The predicted octanol–water partition coefficient (Wildman–Crippen LogP) is 3.08. The van der Waals surface area contributed by atoms with Gasteiger partial charge in [-0.2, -0.15) is 16.4 Å². The summed E-state index contributed by atoms with van der Waals surface area (Å²) in [6.45, 7) is 5.89. The summed E-state index contributed by atoms with van der Waals surface area (Å²) in [5, 5.41) is 11.2. The first-order valence-electron chi connectivity index (χ1n) is 9.64. The average molecular weight is 387 g/mol. The Bertz CT molecular complexity index is 821. The van der Waals surface area contributed by atoms with Crippen LogP contribution in [-0.4, -0.2) is 50.9 Å². The molecule has 4 rings (SSSR count). The Kier molecular flexibility index (Phi) is 4.80. The lowest BCUT2D eigenvalue weighted by molar-refractivity contribution is -0.130. The van der Waals surface area contributed by atoms with Gasteiger partial charge in [0, 0.05) is 38.3 Å². The average Bonchev–Trinajstić information content (AvgIpc) is 3.08. The Morgan fingerprint density at radius 2 is 2.19 bits per heavy atom. The molecular formula is C20H26N4O2S. The summed E-state index contributed by atoms with van der Waals surface area (Å²) >= 11 is 1.67. The maximum atomic E-state index is 12.7. The van der Waals surface area contributed by atoms with Crippen LogP contribution in [-0.2, 0) is 17.8 Å². The lowest BCUT2D eigenvalue weighted by atomic mass is 9.92. The van der Waals surface area contributed by atoms with E-state index in [2.05, 4.69) is 27.0 Å². The van der Waals surface area contributed by atoms with E-state index in [4.69, 9.17) is 0 Å². The zero-order chi connectivity index (χ0) is 19.0. The van der Waals surface area contributed by atoms with Gasteiger partial charge in [0.25, 0.3) is 5.91 Å². The third-order valence-electron chi connectivity index (χ3n) is 6.14. The van der Waals surface area contributed by atoms with Gasteiger partial charge in [-0.05, 0) is 59.6 Å². The monoisotopic (exact) mass is 386 g/mol. The van der Waals surface area contributed by atoms with E-state index in [1.165, 1.54) is 5.56 Å². The molecule has 3 heterocycles. The Hall–Kier alpha value is -2.15. The zero-order valence-corrected chi connectivity index (χ0v) is 16.7. The number of likely N-dealkylation sites (tertiary alicyclic amines) is 1. The Morgan fingerprint density at radius 1 is 1.41 bits per heavy atom. The molecular weight excluding hydrogens is 360 g/mol. The minimum Gasteiger partial charge on any atom is -0.337 e. The fraction of sp³-hybridized carbons (Fsp3) is 0.550. The van der Waals surface area contributed by atoms with E-state index in [1.54, 1.807) is 18.3 Å². The van der Waals surface area contributed by atoms with Crippen LogP contribution in [0.15, 0.2) is 22.9 Å². The summed E-state index contributed by atoms with van der Waals surface area (Å²) < 4.78 is 0. The number of aromatic nitrogens is 2. The number of aromatic amines is 1. The number of carbonyl (C=O) groups is 2. The molecule has 1 atom stereocenters. The number of hydrogen-bond acceptors (Lipinski definition) is 4. The summed E-state index contributed by atoms with van der Waals surface area (Å²) in [4.78, 5) is 28.8. The van der Waals surface area contributed by atoms with Gasteiger partial charge < -0.3 is 9.80 Å². The second-order valence-electron chi connectivity index (χ2n) is 7.78. The second-order valence-corrected chi connectivity index (χ2v) is 8.57. The number of H-pyrrole nitrogens is 1. The molecule has 1 aliphatic heterocycles. The van der Waals surface area contributed by atoms with Crippen LogP contribution in [0.1, 0.15) is 54.9 Å². The van der Waals surface area contributed by atoms with Crippen molar-refractivity contribution in [2.75, 3.05) is 13.1 Å². The first-order valence-corrected chi connectivity index (χ1v) is 10.6.